The Balaban J connectivity index is 2.32. The lowest BCUT2D eigenvalue weighted by molar-refractivity contribution is -0.131. The Morgan fingerprint density at radius 2 is 1.52 bits per heavy atom. The number of likely N-dealkylation sites (N-methyl/N-ethyl adjacent to an activating group) is 1. The van der Waals surface area contributed by atoms with Crippen LogP contribution in [0.1, 0.15) is 13.8 Å². The van der Waals surface area contributed by atoms with Gasteiger partial charge in [0.25, 0.3) is 0 Å². The molecule has 0 radical (unpaired) electrons. The highest BCUT2D eigenvalue weighted by molar-refractivity contribution is 5.94. The van der Waals surface area contributed by atoms with E-state index >= 15 is 0 Å². The van der Waals surface area contributed by atoms with E-state index in [2.05, 4.69) is 0 Å². The van der Waals surface area contributed by atoms with Crippen LogP contribution in [0.5, 0.6) is 17.2 Å². The zero-order valence-corrected chi connectivity index (χ0v) is 18.6. The number of carbonyl (C=O) groups excluding carboxylic acids is 1. The van der Waals surface area contributed by atoms with Gasteiger partial charge in [-0.15, -0.1) is 0 Å². The van der Waals surface area contributed by atoms with Crippen LogP contribution in [0.25, 0.3) is 22.0 Å². The highest BCUT2D eigenvalue weighted by Crippen LogP contribution is 2.33. The molecule has 164 valence electrons. The molecule has 0 aliphatic carbocycles. The van der Waals surface area contributed by atoms with Gasteiger partial charge in [-0.2, -0.15) is 0 Å². The Bertz CT molecular complexity index is 1130. The predicted octanol–water partition coefficient (Wildman–Crippen LogP) is 3.56. The summed E-state index contributed by atoms with van der Waals surface area (Å²) in [4.78, 5) is 28.2. The van der Waals surface area contributed by atoms with Crippen LogP contribution in [-0.2, 0) is 11.3 Å². The maximum absolute atomic E-state index is 13.5. The van der Waals surface area contributed by atoms with Crippen LogP contribution < -0.4 is 19.6 Å². The smallest absolute Gasteiger partial charge is 0.242 e. The second-order valence-electron chi connectivity index (χ2n) is 6.99. The fourth-order valence-corrected chi connectivity index (χ4v) is 3.73. The van der Waals surface area contributed by atoms with Crippen LogP contribution >= 0.6 is 0 Å². The van der Waals surface area contributed by atoms with E-state index in [-0.39, 0.29) is 17.9 Å². The Labute approximate surface area is 181 Å². The zero-order chi connectivity index (χ0) is 22.5. The molecule has 31 heavy (non-hydrogen) atoms. The summed E-state index contributed by atoms with van der Waals surface area (Å²) in [5.74, 6) is 1.59. The fraction of sp³-hybridized carbons (Fsp3) is 0.333. The fourth-order valence-electron chi connectivity index (χ4n) is 3.73. The van der Waals surface area contributed by atoms with Gasteiger partial charge in [0, 0.05) is 24.8 Å². The summed E-state index contributed by atoms with van der Waals surface area (Å²) >= 11 is 0. The van der Waals surface area contributed by atoms with E-state index in [4.69, 9.17) is 14.2 Å². The van der Waals surface area contributed by atoms with Crippen LogP contribution in [0.4, 0.5) is 0 Å². The molecular formula is C24H28N2O5. The van der Waals surface area contributed by atoms with Crippen molar-refractivity contribution in [3.05, 3.63) is 52.8 Å². The van der Waals surface area contributed by atoms with Crippen molar-refractivity contribution in [3.8, 4) is 28.4 Å². The average molecular weight is 424 g/mol. The lowest BCUT2D eigenvalue weighted by atomic mass is 10.0. The quantitative estimate of drug-likeness (QED) is 0.553. The Hall–Kier alpha value is -3.48. The van der Waals surface area contributed by atoms with Crippen molar-refractivity contribution >= 4 is 16.8 Å². The second-order valence-corrected chi connectivity index (χ2v) is 6.99. The molecule has 0 fully saturated rings. The molecule has 0 atom stereocenters. The molecule has 7 heteroatoms. The minimum Gasteiger partial charge on any atom is -0.497 e. The van der Waals surface area contributed by atoms with Gasteiger partial charge in [-0.1, -0.05) is 12.1 Å². The molecule has 3 rings (SSSR count). The topological polar surface area (TPSA) is 70.0 Å². The van der Waals surface area contributed by atoms with E-state index in [0.29, 0.717) is 46.8 Å². The standard InChI is InChI=1S/C24H28N2O5/c1-6-25(7-2)21(27)15-26-14-18(16-8-10-17(29-3)11-9-16)24(28)22-19(30-4)12-13-20(31-5)23(22)26/h8-14H,6-7,15H2,1-5H3. The van der Waals surface area contributed by atoms with Gasteiger partial charge in [0.05, 0.1) is 32.2 Å². The molecule has 0 bridgehead atoms. The first-order valence-corrected chi connectivity index (χ1v) is 10.2. The average Bonchev–Trinajstić information content (AvgIpc) is 2.80. The van der Waals surface area contributed by atoms with Crippen molar-refractivity contribution in [1.29, 1.82) is 0 Å². The van der Waals surface area contributed by atoms with Crippen molar-refractivity contribution in [3.63, 3.8) is 0 Å². The van der Waals surface area contributed by atoms with Crippen LogP contribution in [0, 0.1) is 0 Å². The van der Waals surface area contributed by atoms with E-state index in [1.54, 1.807) is 54.1 Å². The van der Waals surface area contributed by atoms with Crippen molar-refractivity contribution in [2.75, 3.05) is 34.4 Å². The van der Waals surface area contributed by atoms with Crippen LogP contribution in [0.2, 0.25) is 0 Å². The lowest BCUT2D eigenvalue weighted by Gasteiger charge is -2.22. The van der Waals surface area contributed by atoms with E-state index < -0.39 is 0 Å². The summed E-state index contributed by atoms with van der Waals surface area (Å²) in [5, 5.41) is 0.377. The molecule has 0 spiro atoms. The van der Waals surface area contributed by atoms with Gasteiger partial charge in [-0.25, -0.2) is 0 Å². The molecule has 1 amide bonds. The van der Waals surface area contributed by atoms with Crippen molar-refractivity contribution in [2.45, 2.75) is 20.4 Å². The minimum atomic E-state index is -0.192. The molecule has 1 aromatic heterocycles. The van der Waals surface area contributed by atoms with Gasteiger partial charge in [0.2, 0.25) is 11.3 Å². The van der Waals surface area contributed by atoms with Gasteiger partial charge >= 0.3 is 0 Å². The molecule has 0 N–H and O–H groups in total. The third-order valence-corrected chi connectivity index (χ3v) is 5.41. The maximum atomic E-state index is 13.5. The first-order valence-electron chi connectivity index (χ1n) is 10.2. The van der Waals surface area contributed by atoms with Crippen molar-refractivity contribution in [1.82, 2.24) is 9.47 Å². The van der Waals surface area contributed by atoms with Gasteiger partial charge in [-0.05, 0) is 43.7 Å². The summed E-state index contributed by atoms with van der Waals surface area (Å²) in [6, 6.07) is 10.7. The van der Waals surface area contributed by atoms with E-state index in [1.807, 2.05) is 26.0 Å². The Kier molecular flexibility index (Phi) is 6.84. The number of carbonyl (C=O) groups is 1. The van der Waals surface area contributed by atoms with Gasteiger partial charge in [0.15, 0.2) is 0 Å². The predicted molar refractivity (Wildman–Crippen MR) is 121 cm³/mol. The lowest BCUT2D eigenvalue weighted by Crippen LogP contribution is -2.33. The molecule has 0 unspecified atom stereocenters. The molecule has 2 aromatic carbocycles. The summed E-state index contributed by atoms with van der Waals surface area (Å²) in [6.45, 7) is 5.18. The van der Waals surface area contributed by atoms with E-state index in [0.717, 1.165) is 5.56 Å². The number of benzene rings is 2. The summed E-state index contributed by atoms with van der Waals surface area (Å²) in [6.07, 6.45) is 1.72. The summed E-state index contributed by atoms with van der Waals surface area (Å²) in [5.41, 5.74) is 1.53. The number of hydrogen-bond donors (Lipinski definition) is 0. The number of fused-ring (bicyclic) bond motifs is 1. The maximum Gasteiger partial charge on any atom is 0.242 e. The molecule has 7 nitrogen and oxygen atoms in total. The largest absolute Gasteiger partial charge is 0.497 e. The van der Waals surface area contributed by atoms with Crippen molar-refractivity contribution in [2.24, 2.45) is 0 Å². The number of methoxy groups -OCH3 is 3. The molecule has 3 aromatic rings. The second kappa shape index (κ2) is 9.55. The first-order chi connectivity index (χ1) is 15.0. The van der Waals surface area contributed by atoms with Gasteiger partial charge in [-0.3, -0.25) is 9.59 Å². The molecule has 0 saturated carbocycles. The summed E-state index contributed by atoms with van der Waals surface area (Å²) in [7, 11) is 4.65. The number of ether oxygens (including phenoxy) is 3. The van der Waals surface area contributed by atoms with E-state index in [1.165, 1.54) is 7.11 Å². The highest BCUT2D eigenvalue weighted by atomic mass is 16.5. The number of nitrogens with zero attached hydrogens (tertiary/aromatic N) is 2. The molecular weight excluding hydrogens is 396 g/mol. The third kappa shape index (κ3) is 4.21. The number of hydrogen-bond acceptors (Lipinski definition) is 5. The summed E-state index contributed by atoms with van der Waals surface area (Å²) < 4.78 is 18.0. The van der Waals surface area contributed by atoms with Crippen LogP contribution in [0.15, 0.2) is 47.4 Å². The Morgan fingerprint density at radius 1 is 0.903 bits per heavy atom. The molecule has 1 heterocycles. The van der Waals surface area contributed by atoms with Gasteiger partial charge in [0.1, 0.15) is 23.8 Å². The van der Waals surface area contributed by atoms with Crippen LogP contribution in [-0.4, -0.2) is 49.8 Å². The molecule has 0 aliphatic heterocycles. The van der Waals surface area contributed by atoms with E-state index in [9.17, 15) is 9.59 Å². The number of amides is 1. The Morgan fingerprint density at radius 3 is 2.06 bits per heavy atom. The number of aromatic nitrogens is 1. The first kappa shape index (κ1) is 22.2. The normalized spacial score (nSPS) is 10.7. The number of pyridine rings is 1. The van der Waals surface area contributed by atoms with Crippen molar-refractivity contribution < 1.29 is 19.0 Å². The third-order valence-electron chi connectivity index (χ3n) is 5.41. The minimum absolute atomic E-state index is 0.0412. The molecule has 0 aliphatic rings. The zero-order valence-electron chi connectivity index (χ0n) is 18.6. The van der Waals surface area contributed by atoms with Crippen LogP contribution in [0.3, 0.4) is 0 Å². The number of rotatable bonds is 8. The monoisotopic (exact) mass is 424 g/mol. The SMILES string of the molecule is CCN(CC)C(=O)Cn1cc(-c2ccc(OC)cc2)c(=O)c2c(OC)ccc(OC)c21. The molecule has 0 saturated heterocycles. The van der Waals surface area contributed by atoms with Gasteiger partial charge < -0.3 is 23.7 Å². The highest BCUT2D eigenvalue weighted by Gasteiger charge is 2.20.